The van der Waals surface area contributed by atoms with Gasteiger partial charge in [-0.15, -0.1) is 0 Å². The van der Waals surface area contributed by atoms with Crippen molar-refractivity contribution >= 4 is 0 Å². The first kappa shape index (κ1) is 15.1. The van der Waals surface area contributed by atoms with E-state index in [0.717, 1.165) is 11.1 Å². The monoisotopic (exact) mass is 304 g/mol. The molecular weight excluding hydrogens is 285 g/mol. The Labute approximate surface area is 129 Å². The molecule has 1 aliphatic carbocycles. The zero-order chi connectivity index (χ0) is 15.7. The van der Waals surface area contributed by atoms with Crippen LogP contribution < -0.4 is 0 Å². The number of halogens is 3. The minimum absolute atomic E-state index is 0.0774. The zero-order valence-corrected chi connectivity index (χ0v) is 12.5. The number of rotatable bonds is 2. The van der Waals surface area contributed by atoms with Gasteiger partial charge in [-0.2, -0.15) is 0 Å². The molecule has 3 rings (SSSR count). The third-order valence-corrected chi connectivity index (χ3v) is 4.49. The summed E-state index contributed by atoms with van der Waals surface area (Å²) in [6, 6.07) is 12.5. The van der Waals surface area contributed by atoms with Crippen molar-refractivity contribution in [3.63, 3.8) is 0 Å². The maximum atomic E-state index is 14.4. The van der Waals surface area contributed by atoms with Crippen molar-refractivity contribution in [3.05, 3.63) is 59.4 Å². The molecule has 0 amide bonds. The molecule has 0 heterocycles. The van der Waals surface area contributed by atoms with E-state index >= 15 is 0 Å². The van der Waals surface area contributed by atoms with Gasteiger partial charge in [-0.25, -0.2) is 13.2 Å². The Morgan fingerprint density at radius 1 is 0.955 bits per heavy atom. The van der Waals surface area contributed by atoms with Crippen LogP contribution in [-0.2, 0) is 0 Å². The molecule has 1 saturated carbocycles. The highest BCUT2D eigenvalue weighted by Gasteiger charge is 2.31. The molecule has 2 aromatic rings. The predicted molar refractivity (Wildman–Crippen MR) is 83.0 cm³/mol. The van der Waals surface area contributed by atoms with Crippen LogP contribution in [0.1, 0.15) is 36.3 Å². The first-order chi connectivity index (χ1) is 10.5. The van der Waals surface area contributed by atoms with Crippen LogP contribution in [0.15, 0.2) is 42.5 Å². The molecule has 116 valence electrons. The lowest BCUT2D eigenvalue weighted by molar-refractivity contribution is 0.136. The van der Waals surface area contributed by atoms with Crippen molar-refractivity contribution in [2.24, 2.45) is 0 Å². The lowest BCUT2D eigenvalue weighted by Crippen LogP contribution is -2.25. The Morgan fingerprint density at radius 3 is 2.32 bits per heavy atom. The summed E-state index contributed by atoms with van der Waals surface area (Å²) >= 11 is 0. The van der Waals surface area contributed by atoms with E-state index in [1.807, 2.05) is 31.2 Å². The van der Waals surface area contributed by atoms with Gasteiger partial charge in [0.1, 0.15) is 18.2 Å². The summed E-state index contributed by atoms with van der Waals surface area (Å²) in [6.45, 7) is 1.98. The number of aryl methyl sites for hydroxylation is 1. The standard InChI is InChI=1S/C19H19F3/c1-12-2-4-13(5-3-12)16-8-6-14(10-18(16)21)17-9-7-15(20)11-19(17)22/h2-6,8,10,15,17,19H,7,9,11H2,1H3/t15?,17-,19?/m0/s1. The van der Waals surface area contributed by atoms with E-state index in [1.165, 1.54) is 6.07 Å². The van der Waals surface area contributed by atoms with Crippen molar-refractivity contribution in [2.75, 3.05) is 0 Å². The van der Waals surface area contributed by atoms with Crippen LogP contribution in [0.3, 0.4) is 0 Å². The minimum Gasteiger partial charge on any atom is -0.247 e. The van der Waals surface area contributed by atoms with Crippen molar-refractivity contribution in [1.82, 2.24) is 0 Å². The molecule has 2 unspecified atom stereocenters. The van der Waals surface area contributed by atoms with Crippen LogP contribution in [-0.4, -0.2) is 12.3 Å². The molecule has 3 atom stereocenters. The molecular formula is C19H19F3. The van der Waals surface area contributed by atoms with E-state index < -0.39 is 18.3 Å². The summed E-state index contributed by atoms with van der Waals surface area (Å²) in [4.78, 5) is 0. The Morgan fingerprint density at radius 2 is 1.68 bits per heavy atom. The Kier molecular flexibility index (Phi) is 4.23. The van der Waals surface area contributed by atoms with Crippen LogP contribution in [0, 0.1) is 12.7 Å². The molecule has 0 aromatic heterocycles. The SMILES string of the molecule is Cc1ccc(-c2ccc([C@@H]3CCC(F)CC3F)cc2F)cc1. The molecule has 0 nitrogen and oxygen atoms in total. The van der Waals surface area contributed by atoms with E-state index in [9.17, 15) is 13.2 Å². The van der Waals surface area contributed by atoms with Gasteiger partial charge in [0.15, 0.2) is 0 Å². The van der Waals surface area contributed by atoms with Gasteiger partial charge in [-0.05, 0) is 37.0 Å². The smallest absolute Gasteiger partial charge is 0.131 e. The fraction of sp³-hybridized carbons (Fsp3) is 0.368. The first-order valence-electron chi connectivity index (χ1n) is 7.69. The van der Waals surface area contributed by atoms with E-state index in [-0.39, 0.29) is 12.2 Å². The fourth-order valence-corrected chi connectivity index (χ4v) is 3.17. The van der Waals surface area contributed by atoms with E-state index in [2.05, 4.69) is 0 Å². The van der Waals surface area contributed by atoms with Crippen LogP contribution in [0.5, 0.6) is 0 Å². The number of alkyl halides is 2. The fourth-order valence-electron chi connectivity index (χ4n) is 3.17. The lowest BCUT2D eigenvalue weighted by Gasteiger charge is -2.28. The number of hydrogen-bond acceptors (Lipinski definition) is 0. The van der Waals surface area contributed by atoms with Gasteiger partial charge < -0.3 is 0 Å². The van der Waals surface area contributed by atoms with Crippen LogP contribution in [0.4, 0.5) is 13.2 Å². The van der Waals surface area contributed by atoms with Gasteiger partial charge in [0.05, 0.1) is 0 Å². The molecule has 0 spiro atoms. The van der Waals surface area contributed by atoms with E-state index in [1.54, 1.807) is 12.1 Å². The topological polar surface area (TPSA) is 0 Å². The Balaban J connectivity index is 1.87. The molecule has 1 aliphatic rings. The average molecular weight is 304 g/mol. The van der Waals surface area contributed by atoms with Crippen molar-refractivity contribution < 1.29 is 13.2 Å². The molecule has 0 bridgehead atoms. The maximum Gasteiger partial charge on any atom is 0.131 e. The molecule has 22 heavy (non-hydrogen) atoms. The second-order valence-corrected chi connectivity index (χ2v) is 6.14. The summed E-state index contributed by atoms with van der Waals surface area (Å²) in [5, 5.41) is 0. The second-order valence-electron chi connectivity index (χ2n) is 6.14. The molecule has 0 radical (unpaired) electrons. The summed E-state index contributed by atoms with van der Waals surface area (Å²) in [5.74, 6) is -0.746. The normalized spacial score (nSPS) is 25.2. The van der Waals surface area contributed by atoms with Gasteiger partial charge in [-0.3, -0.25) is 0 Å². The van der Waals surface area contributed by atoms with E-state index in [0.29, 0.717) is 24.0 Å². The third kappa shape index (κ3) is 3.03. The van der Waals surface area contributed by atoms with Gasteiger partial charge in [0.25, 0.3) is 0 Å². The third-order valence-electron chi connectivity index (χ3n) is 4.49. The average Bonchev–Trinajstić information content (AvgIpc) is 2.48. The second kappa shape index (κ2) is 6.15. The number of hydrogen-bond donors (Lipinski definition) is 0. The molecule has 0 aliphatic heterocycles. The highest BCUT2D eigenvalue weighted by Crippen LogP contribution is 2.37. The molecule has 0 saturated heterocycles. The molecule has 3 heteroatoms. The molecule has 1 fully saturated rings. The van der Waals surface area contributed by atoms with Crippen molar-refractivity contribution in [3.8, 4) is 11.1 Å². The minimum atomic E-state index is -1.23. The largest absolute Gasteiger partial charge is 0.247 e. The quantitative estimate of drug-likeness (QED) is 0.663. The molecule has 2 aromatic carbocycles. The highest BCUT2D eigenvalue weighted by atomic mass is 19.1. The van der Waals surface area contributed by atoms with Gasteiger partial charge >= 0.3 is 0 Å². The predicted octanol–water partition coefficient (Wildman–Crippen LogP) is 5.74. The van der Waals surface area contributed by atoms with Crippen LogP contribution in [0.25, 0.3) is 11.1 Å². The van der Waals surface area contributed by atoms with E-state index in [4.69, 9.17) is 0 Å². The van der Waals surface area contributed by atoms with Gasteiger partial charge in [0.2, 0.25) is 0 Å². The highest BCUT2D eigenvalue weighted by molar-refractivity contribution is 5.64. The van der Waals surface area contributed by atoms with Crippen molar-refractivity contribution in [2.45, 2.75) is 44.4 Å². The van der Waals surface area contributed by atoms with Crippen molar-refractivity contribution in [1.29, 1.82) is 0 Å². The lowest BCUT2D eigenvalue weighted by atomic mass is 9.81. The summed E-state index contributed by atoms with van der Waals surface area (Å²) in [7, 11) is 0. The summed E-state index contributed by atoms with van der Waals surface area (Å²) in [6.07, 6.45) is -1.58. The van der Waals surface area contributed by atoms with Crippen LogP contribution >= 0.6 is 0 Å². The Hall–Kier alpha value is -1.77. The van der Waals surface area contributed by atoms with Gasteiger partial charge in [0, 0.05) is 17.9 Å². The Bertz CT molecular complexity index is 648. The van der Waals surface area contributed by atoms with Crippen LogP contribution in [0.2, 0.25) is 0 Å². The maximum absolute atomic E-state index is 14.4. The zero-order valence-electron chi connectivity index (χ0n) is 12.5. The summed E-state index contributed by atoms with van der Waals surface area (Å²) in [5.41, 5.74) is 3.06. The van der Waals surface area contributed by atoms with Gasteiger partial charge in [-0.1, -0.05) is 42.0 Å². The molecule has 0 N–H and O–H groups in total. The summed E-state index contributed by atoms with van der Waals surface area (Å²) < 4.78 is 41.6. The first-order valence-corrected chi connectivity index (χ1v) is 7.69. The number of benzene rings is 2.